The van der Waals surface area contributed by atoms with Gasteiger partial charge in [0, 0.05) is 5.69 Å². The van der Waals surface area contributed by atoms with Gasteiger partial charge in [-0.15, -0.1) is 0 Å². The van der Waals surface area contributed by atoms with Crippen molar-refractivity contribution in [1.82, 2.24) is 5.32 Å². The van der Waals surface area contributed by atoms with Crippen LogP contribution in [-0.4, -0.2) is 18.0 Å². The summed E-state index contributed by atoms with van der Waals surface area (Å²) in [5.74, 6) is 0.0775. The van der Waals surface area contributed by atoms with Gasteiger partial charge in [-0.25, -0.2) is 0 Å². The van der Waals surface area contributed by atoms with Crippen LogP contribution in [0.1, 0.15) is 51.5 Å². The highest BCUT2D eigenvalue weighted by molar-refractivity contribution is 5.98. The van der Waals surface area contributed by atoms with E-state index in [0.717, 1.165) is 31.5 Å². The number of rotatable bonds is 6. The van der Waals surface area contributed by atoms with E-state index in [1.807, 2.05) is 19.1 Å². The van der Waals surface area contributed by atoms with Crippen LogP contribution in [-0.2, 0) is 11.2 Å². The molecule has 0 bridgehead atoms. The molecule has 3 nitrogen and oxygen atoms in total. The molecule has 2 N–H and O–H groups in total. The highest BCUT2D eigenvalue weighted by Crippen LogP contribution is 2.21. The lowest BCUT2D eigenvalue weighted by atomic mass is 9.99. The molecule has 0 spiro atoms. The number of hydrogen-bond acceptors (Lipinski definition) is 2. The van der Waals surface area contributed by atoms with E-state index in [0.29, 0.717) is 0 Å². The molecule has 2 rings (SSSR count). The van der Waals surface area contributed by atoms with Crippen molar-refractivity contribution in [2.24, 2.45) is 0 Å². The molecular weight excluding hydrogens is 248 g/mol. The van der Waals surface area contributed by atoms with Gasteiger partial charge in [-0.2, -0.15) is 0 Å². The van der Waals surface area contributed by atoms with Gasteiger partial charge in [0.25, 0.3) is 0 Å². The Balaban J connectivity index is 1.88. The van der Waals surface area contributed by atoms with Crippen LogP contribution in [0.25, 0.3) is 0 Å². The quantitative estimate of drug-likeness (QED) is 0.780. The van der Waals surface area contributed by atoms with Crippen LogP contribution in [0.5, 0.6) is 0 Å². The Kier molecular flexibility index (Phi) is 5.18. The summed E-state index contributed by atoms with van der Waals surface area (Å²) in [6, 6.07) is 8.26. The van der Waals surface area contributed by atoms with Gasteiger partial charge in [-0.05, 0) is 56.8 Å². The number of amides is 1. The minimum absolute atomic E-state index is 0.0775. The Morgan fingerprint density at radius 3 is 2.65 bits per heavy atom. The van der Waals surface area contributed by atoms with Crippen LogP contribution in [0.2, 0.25) is 0 Å². The van der Waals surface area contributed by atoms with Crippen molar-refractivity contribution in [2.75, 3.05) is 11.9 Å². The fourth-order valence-electron chi connectivity index (χ4n) is 2.69. The number of aryl methyl sites for hydroxylation is 1. The molecule has 1 saturated heterocycles. The maximum atomic E-state index is 12.3. The van der Waals surface area contributed by atoms with E-state index in [1.165, 1.54) is 24.8 Å². The minimum atomic E-state index is -0.403. The molecule has 1 aliphatic rings. The zero-order valence-electron chi connectivity index (χ0n) is 12.7. The first-order valence-electron chi connectivity index (χ1n) is 7.79. The summed E-state index contributed by atoms with van der Waals surface area (Å²) in [4.78, 5) is 12.3. The fraction of sp³-hybridized carbons (Fsp3) is 0.588. The second-order valence-electron chi connectivity index (χ2n) is 5.97. The Bertz CT molecular complexity index is 433. The largest absolute Gasteiger partial charge is 0.324 e. The maximum absolute atomic E-state index is 12.3. The predicted octanol–water partition coefficient (Wildman–Crippen LogP) is 3.50. The molecule has 1 heterocycles. The van der Waals surface area contributed by atoms with Crippen molar-refractivity contribution >= 4 is 11.6 Å². The number of unbranched alkanes of at least 4 members (excludes halogenated alkanes) is 2. The van der Waals surface area contributed by atoms with E-state index < -0.39 is 5.54 Å². The monoisotopic (exact) mass is 274 g/mol. The normalized spacial score (nSPS) is 21.9. The Hall–Kier alpha value is -1.35. The van der Waals surface area contributed by atoms with Crippen LogP contribution in [0.3, 0.4) is 0 Å². The van der Waals surface area contributed by atoms with E-state index in [1.54, 1.807) is 0 Å². The van der Waals surface area contributed by atoms with Gasteiger partial charge in [0.2, 0.25) is 5.91 Å². The summed E-state index contributed by atoms with van der Waals surface area (Å²) in [7, 11) is 0. The van der Waals surface area contributed by atoms with Crippen molar-refractivity contribution in [3.63, 3.8) is 0 Å². The summed E-state index contributed by atoms with van der Waals surface area (Å²) in [5.41, 5.74) is 1.84. The van der Waals surface area contributed by atoms with E-state index in [4.69, 9.17) is 0 Å². The predicted molar refractivity (Wildman–Crippen MR) is 83.9 cm³/mol. The van der Waals surface area contributed by atoms with E-state index in [9.17, 15) is 4.79 Å². The highest BCUT2D eigenvalue weighted by atomic mass is 16.2. The Labute approximate surface area is 122 Å². The zero-order chi connectivity index (χ0) is 14.4. The third kappa shape index (κ3) is 3.83. The average molecular weight is 274 g/mol. The standard InChI is InChI=1S/C17H26N2O/c1-3-4-5-7-14-8-10-15(11-9-14)19-16(20)17(2)12-6-13-18-17/h8-11,18H,3-7,12-13H2,1-2H3,(H,19,20). The fourth-order valence-corrected chi connectivity index (χ4v) is 2.69. The van der Waals surface area contributed by atoms with Gasteiger partial charge in [-0.1, -0.05) is 31.9 Å². The number of carbonyl (C=O) groups is 1. The van der Waals surface area contributed by atoms with E-state index in [-0.39, 0.29) is 5.91 Å². The first-order valence-corrected chi connectivity index (χ1v) is 7.79. The van der Waals surface area contributed by atoms with Crippen LogP contribution in [0, 0.1) is 0 Å². The summed E-state index contributed by atoms with van der Waals surface area (Å²) in [6.45, 7) is 5.13. The number of carbonyl (C=O) groups excluding carboxylic acids is 1. The third-order valence-electron chi connectivity index (χ3n) is 4.15. The van der Waals surface area contributed by atoms with Crippen molar-refractivity contribution < 1.29 is 4.79 Å². The molecule has 20 heavy (non-hydrogen) atoms. The summed E-state index contributed by atoms with van der Waals surface area (Å²) in [5, 5.41) is 6.30. The molecule has 3 heteroatoms. The molecule has 0 aliphatic carbocycles. The molecule has 1 fully saturated rings. The average Bonchev–Trinajstić information content (AvgIpc) is 2.89. The Morgan fingerprint density at radius 1 is 1.30 bits per heavy atom. The van der Waals surface area contributed by atoms with Crippen molar-refractivity contribution in [2.45, 2.75) is 57.9 Å². The van der Waals surface area contributed by atoms with Gasteiger partial charge >= 0.3 is 0 Å². The lowest BCUT2D eigenvalue weighted by molar-refractivity contribution is -0.121. The molecule has 0 radical (unpaired) electrons. The molecule has 1 atom stereocenters. The van der Waals surface area contributed by atoms with Gasteiger partial charge in [0.1, 0.15) is 0 Å². The summed E-state index contributed by atoms with van der Waals surface area (Å²) >= 11 is 0. The van der Waals surface area contributed by atoms with Crippen LogP contribution in [0.4, 0.5) is 5.69 Å². The van der Waals surface area contributed by atoms with Crippen molar-refractivity contribution in [3.8, 4) is 0 Å². The smallest absolute Gasteiger partial charge is 0.244 e. The maximum Gasteiger partial charge on any atom is 0.244 e. The zero-order valence-corrected chi connectivity index (χ0v) is 12.7. The molecule has 1 amide bonds. The minimum Gasteiger partial charge on any atom is -0.324 e. The molecule has 1 aromatic carbocycles. The highest BCUT2D eigenvalue weighted by Gasteiger charge is 2.35. The van der Waals surface area contributed by atoms with Gasteiger partial charge < -0.3 is 10.6 Å². The van der Waals surface area contributed by atoms with Crippen LogP contribution < -0.4 is 10.6 Å². The number of benzene rings is 1. The first-order chi connectivity index (χ1) is 9.64. The first kappa shape index (κ1) is 15.0. The van der Waals surface area contributed by atoms with E-state index >= 15 is 0 Å². The Morgan fingerprint density at radius 2 is 2.05 bits per heavy atom. The molecule has 1 unspecified atom stereocenters. The SMILES string of the molecule is CCCCCc1ccc(NC(=O)C2(C)CCCN2)cc1. The van der Waals surface area contributed by atoms with Crippen molar-refractivity contribution in [1.29, 1.82) is 0 Å². The molecule has 110 valence electrons. The van der Waals surface area contributed by atoms with Crippen LogP contribution in [0.15, 0.2) is 24.3 Å². The second kappa shape index (κ2) is 6.89. The van der Waals surface area contributed by atoms with Crippen molar-refractivity contribution in [3.05, 3.63) is 29.8 Å². The van der Waals surface area contributed by atoms with Gasteiger partial charge in [0.15, 0.2) is 0 Å². The number of hydrogen-bond donors (Lipinski definition) is 2. The molecular formula is C17H26N2O. The van der Waals surface area contributed by atoms with Gasteiger partial charge in [-0.3, -0.25) is 4.79 Å². The molecule has 0 saturated carbocycles. The molecule has 1 aliphatic heterocycles. The lowest BCUT2D eigenvalue weighted by Gasteiger charge is -2.23. The van der Waals surface area contributed by atoms with Gasteiger partial charge in [0.05, 0.1) is 5.54 Å². The lowest BCUT2D eigenvalue weighted by Crippen LogP contribution is -2.47. The van der Waals surface area contributed by atoms with Crippen LogP contribution >= 0.6 is 0 Å². The number of anilines is 1. The molecule has 1 aromatic rings. The van der Waals surface area contributed by atoms with E-state index in [2.05, 4.69) is 29.7 Å². The second-order valence-corrected chi connectivity index (χ2v) is 5.97. The summed E-state index contributed by atoms with van der Waals surface area (Å²) in [6.07, 6.45) is 6.88. The topological polar surface area (TPSA) is 41.1 Å². The third-order valence-corrected chi connectivity index (χ3v) is 4.15. The number of nitrogens with one attached hydrogen (secondary N) is 2. The molecule has 0 aromatic heterocycles. The summed E-state index contributed by atoms with van der Waals surface area (Å²) < 4.78 is 0.